The Balaban J connectivity index is 1.81. The lowest BCUT2D eigenvalue weighted by Gasteiger charge is -2.48. The Kier molecular flexibility index (Phi) is 5.05. The summed E-state index contributed by atoms with van der Waals surface area (Å²) in [7, 11) is 0. The molecule has 0 aromatic rings. The summed E-state index contributed by atoms with van der Waals surface area (Å²) >= 11 is 0. The molecular formula is C15H31N3. The van der Waals surface area contributed by atoms with E-state index in [9.17, 15) is 0 Å². The molecule has 0 aliphatic carbocycles. The highest BCUT2D eigenvalue weighted by molar-refractivity contribution is 4.93. The van der Waals surface area contributed by atoms with Crippen molar-refractivity contribution >= 4 is 0 Å². The minimum Gasteiger partial charge on any atom is -0.315 e. The predicted octanol–water partition coefficient (Wildman–Crippen LogP) is 1.79. The molecule has 2 rings (SSSR count). The van der Waals surface area contributed by atoms with Crippen molar-refractivity contribution < 1.29 is 0 Å². The maximum absolute atomic E-state index is 3.58. The normalized spacial score (nSPS) is 30.5. The smallest absolute Gasteiger partial charge is 0.0273 e. The van der Waals surface area contributed by atoms with Gasteiger partial charge in [-0.3, -0.25) is 4.90 Å². The molecular weight excluding hydrogens is 222 g/mol. The van der Waals surface area contributed by atoms with E-state index in [1.807, 2.05) is 0 Å². The maximum atomic E-state index is 3.58. The molecule has 0 radical (unpaired) electrons. The number of rotatable bonds is 4. The van der Waals surface area contributed by atoms with Crippen LogP contribution in [0.1, 0.15) is 40.0 Å². The molecule has 2 saturated heterocycles. The molecule has 2 heterocycles. The van der Waals surface area contributed by atoms with Gasteiger partial charge in [-0.25, -0.2) is 0 Å². The molecule has 2 aliphatic heterocycles. The molecule has 106 valence electrons. The number of piperazine rings is 1. The molecule has 0 aromatic carbocycles. The summed E-state index contributed by atoms with van der Waals surface area (Å²) in [6.07, 6.45) is 3.99. The van der Waals surface area contributed by atoms with Crippen LogP contribution in [0.5, 0.6) is 0 Å². The molecule has 0 spiro atoms. The molecule has 18 heavy (non-hydrogen) atoms. The number of piperidine rings is 1. The van der Waals surface area contributed by atoms with Crippen molar-refractivity contribution in [1.29, 1.82) is 0 Å². The van der Waals surface area contributed by atoms with E-state index in [1.165, 1.54) is 65.1 Å². The van der Waals surface area contributed by atoms with E-state index < -0.39 is 0 Å². The fraction of sp³-hybridized carbons (Fsp3) is 1.00. The highest BCUT2D eigenvalue weighted by Crippen LogP contribution is 2.31. The van der Waals surface area contributed by atoms with Gasteiger partial charge in [-0.2, -0.15) is 0 Å². The van der Waals surface area contributed by atoms with Crippen LogP contribution in [0.2, 0.25) is 0 Å². The molecule has 1 atom stereocenters. The van der Waals surface area contributed by atoms with Gasteiger partial charge in [0.05, 0.1) is 0 Å². The van der Waals surface area contributed by atoms with E-state index in [0.29, 0.717) is 5.41 Å². The van der Waals surface area contributed by atoms with Crippen LogP contribution in [0.3, 0.4) is 0 Å². The van der Waals surface area contributed by atoms with E-state index in [2.05, 4.69) is 35.9 Å². The summed E-state index contributed by atoms with van der Waals surface area (Å²) in [4.78, 5) is 5.37. The molecule has 0 amide bonds. The standard InChI is InChI=1S/C15H31N3/c1-4-5-8-17-9-11-18(12-10-17)14-13-16-7-6-15(14,2)3/h14,16H,4-13H2,1-3H3. The molecule has 0 saturated carbocycles. The Morgan fingerprint density at radius 3 is 2.50 bits per heavy atom. The summed E-state index contributed by atoms with van der Waals surface area (Å²) in [6.45, 7) is 15.9. The van der Waals surface area contributed by atoms with E-state index in [1.54, 1.807) is 0 Å². The second-order valence-corrected chi connectivity index (χ2v) is 6.69. The second-order valence-electron chi connectivity index (χ2n) is 6.69. The van der Waals surface area contributed by atoms with E-state index in [0.717, 1.165) is 6.04 Å². The van der Waals surface area contributed by atoms with Gasteiger partial charge in [0.2, 0.25) is 0 Å². The van der Waals surface area contributed by atoms with Gasteiger partial charge in [0, 0.05) is 38.8 Å². The van der Waals surface area contributed by atoms with Crippen LogP contribution >= 0.6 is 0 Å². The fourth-order valence-corrected chi connectivity index (χ4v) is 3.40. The Morgan fingerprint density at radius 2 is 1.89 bits per heavy atom. The summed E-state index contributed by atoms with van der Waals surface area (Å²) in [6, 6.07) is 0.736. The number of nitrogens with zero attached hydrogens (tertiary/aromatic N) is 2. The van der Waals surface area contributed by atoms with Gasteiger partial charge in [-0.05, 0) is 31.3 Å². The first-order chi connectivity index (χ1) is 8.63. The Morgan fingerprint density at radius 1 is 1.17 bits per heavy atom. The van der Waals surface area contributed by atoms with Gasteiger partial charge in [-0.1, -0.05) is 27.2 Å². The lowest BCUT2D eigenvalue weighted by Crippen LogP contribution is -2.60. The Bertz CT molecular complexity index is 244. The first-order valence-corrected chi connectivity index (χ1v) is 7.80. The molecule has 0 bridgehead atoms. The van der Waals surface area contributed by atoms with Gasteiger partial charge in [0.25, 0.3) is 0 Å². The van der Waals surface area contributed by atoms with Crippen molar-refractivity contribution in [2.45, 2.75) is 46.1 Å². The number of hydrogen-bond acceptors (Lipinski definition) is 3. The highest BCUT2D eigenvalue weighted by atomic mass is 15.3. The van der Waals surface area contributed by atoms with Crippen LogP contribution in [0, 0.1) is 5.41 Å². The molecule has 0 aromatic heterocycles. The van der Waals surface area contributed by atoms with Gasteiger partial charge in [0.1, 0.15) is 0 Å². The SMILES string of the molecule is CCCCN1CCN(C2CNCCC2(C)C)CC1. The van der Waals surface area contributed by atoms with Crippen LogP contribution in [-0.4, -0.2) is 61.7 Å². The predicted molar refractivity (Wildman–Crippen MR) is 78.0 cm³/mol. The van der Waals surface area contributed by atoms with Gasteiger partial charge < -0.3 is 10.2 Å². The van der Waals surface area contributed by atoms with E-state index in [4.69, 9.17) is 0 Å². The Labute approximate surface area is 113 Å². The second kappa shape index (κ2) is 6.36. The summed E-state index contributed by atoms with van der Waals surface area (Å²) in [5.74, 6) is 0. The third-order valence-corrected chi connectivity index (χ3v) is 4.86. The van der Waals surface area contributed by atoms with Crippen LogP contribution in [0.4, 0.5) is 0 Å². The van der Waals surface area contributed by atoms with Gasteiger partial charge in [0.15, 0.2) is 0 Å². The summed E-state index contributed by atoms with van der Waals surface area (Å²) in [5, 5.41) is 3.58. The maximum Gasteiger partial charge on any atom is 0.0273 e. The quantitative estimate of drug-likeness (QED) is 0.824. The zero-order chi connectivity index (χ0) is 13.0. The fourth-order valence-electron chi connectivity index (χ4n) is 3.40. The lowest BCUT2D eigenvalue weighted by molar-refractivity contribution is 0.0215. The molecule has 3 nitrogen and oxygen atoms in total. The summed E-state index contributed by atoms with van der Waals surface area (Å²) < 4.78 is 0. The largest absolute Gasteiger partial charge is 0.315 e. The minimum absolute atomic E-state index is 0.483. The monoisotopic (exact) mass is 253 g/mol. The van der Waals surface area contributed by atoms with Crippen LogP contribution in [0.25, 0.3) is 0 Å². The average molecular weight is 253 g/mol. The van der Waals surface area contributed by atoms with Crippen molar-refractivity contribution in [1.82, 2.24) is 15.1 Å². The zero-order valence-corrected chi connectivity index (χ0v) is 12.5. The first kappa shape index (κ1) is 14.3. The minimum atomic E-state index is 0.483. The topological polar surface area (TPSA) is 18.5 Å². The van der Waals surface area contributed by atoms with Gasteiger partial charge >= 0.3 is 0 Å². The Hall–Kier alpha value is -0.120. The molecule has 3 heteroatoms. The van der Waals surface area contributed by atoms with Crippen molar-refractivity contribution in [2.24, 2.45) is 5.41 Å². The lowest BCUT2D eigenvalue weighted by atomic mass is 9.77. The first-order valence-electron chi connectivity index (χ1n) is 7.80. The van der Waals surface area contributed by atoms with Crippen LogP contribution < -0.4 is 5.32 Å². The van der Waals surface area contributed by atoms with E-state index >= 15 is 0 Å². The summed E-state index contributed by atoms with van der Waals surface area (Å²) in [5.41, 5.74) is 0.483. The van der Waals surface area contributed by atoms with Crippen molar-refractivity contribution in [3.8, 4) is 0 Å². The third kappa shape index (κ3) is 3.46. The van der Waals surface area contributed by atoms with Gasteiger partial charge in [-0.15, -0.1) is 0 Å². The molecule has 1 unspecified atom stereocenters. The highest BCUT2D eigenvalue weighted by Gasteiger charge is 2.37. The van der Waals surface area contributed by atoms with Crippen LogP contribution in [0.15, 0.2) is 0 Å². The molecule has 1 N–H and O–H groups in total. The third-order valence-electron chi connectivity index (χ3n) is 4.86. The van der Waals surface area contributed by atoms with Crippen molar-refractivity contribution in [3.63, 3.8) is 0 Å². The van der Waals surface area contributed by atoms with E-state index in [-0.39, 0.29) is 0 Å². The average Bonchev–Trinajstić information content (AvgIpc) is 2.37. The number of unbranched alkanes of at least 4 members (excludes halogenated alkanes) is 1. The molecule has 2 fully saturated rings. The number of hydrogen-bond donors (Lipinski definition) is 1. The van der Waals surface area contributed by atoms with Crippen LogP contribution in [-0.2, 0) is 0 Å². The zero-order valence-electron chi connectivity index (χ0n) is 12.5. The van der Waals surface area contributed by atoms with Crippen molar-refractivity contribution in [2.75, 3.05) is 45.8 Å². The number of nitrogens with one attached hydrogen (secondary N) is 1. The molecule has 2 aliphatic rings. The van der Waals surface area contributed by atoms with Crippen molar-refractivity contribution in [3.05, 3.63) is 0 Å².